The van der Waals surface area contributed by atoms with Crippen molar-refractivity contribution >= 4 is 51.9 Å². The molecular weight excluding hydrogens is 418 g/mol. The predicted molar refractivity (Wildman–Crippen MR) is 123 cm³/mol. The van der Waals surface area contributed by atoms with Crippen LogP contribution in [0.2, 0.25) is 0 Å². The molecular formula is C23H17NO4S2. The van der Waals surface area contributed by atoms with E-state index in [0.29, 0.717) is 26.3 Å². The highest BCUT2D eigenvalue weighted by Gasteiger charge is 2.34. The summed E-state index contributed by atoms with van der Waals surface area (Å²) in [6, 6.07) is 15.9. The zero-order valence-corrected chi connectivity index (χ0v) is 17.8. The highest BCUT2D eigenvalue weighted by molar-refractivity contribution is 8.27. The summed E-state index contributed by atoms with van der Waals surface area (Å²) in [5, 5.41) is 9.38. The van der Waals surface area contributed by atoms with E-state index in [9.17, 15) is 14.7 Å². The zero-order valence-electron chi connectivity index (χ0n) is 16.2. The Morgan fingerprint density at radius 3 is 2.63 bits per heavy atom. The van der Waals surface area contributed by atoms with Gasteiger partial charge in [-0.1, -0.05) is 59.9 Å². The fourth-order valence-electron chi connectivity index (χ4n) is 3.32. The lowest BCUT2D eigenvalue weighted by molar-refractivity contribution is -0.113. The van der Waals surface area contributed by atoms with Crippen LogP contribution < -0.4 is 4.90 Å². The first-order valence-corrected chi connectivity index (χ1v) is 10.4. The number of nitrogens with zero attached hydrogens (tertiary/aromatic N) is 1. The number of aryl methyl sites for hydroxylation is 2. The Morgan fingerprint density at radius 2 is 1.90 bits per heavy atom. The molecule has 30 heavy (non-hydrogen) atoms. The van der Waals surface area contributed by atoms with Gasteiger partial charge in [-0.3, -0.25) is 9.69 Å². The summed E-state index contributed by atoms with van der Waals surface area (Å²) in [6.45, 7) is 3.95. The summed E-state index contributed by atoms with van der Waals surface area (Å²) in [6.07, 6.45) is 1.63. The lowest BCUT2D eigenvalue weighted by Crippen LogP contribution is -2.28. The summed E-state index contributed by atoms with van der Waals surface area (Å²) in [5.41, 5.74) is 3.48. The van der Waals surface area contributed by atoms with E-state index >= 15 is 0 Å². The van der Waals surface area contributed by atoms with E-state index in [4.69, 9.17) is 16.6 Å². The first-order chi connectivity index (χ1) is 14.3. The highest BCUT2D eigenvalue weighted by atomic mass is 32.2. The van der Waals surface area contributed by atoms with Crippen LogP contribution in [0.25, 0.3) is 17.4 Å². The third-order valence-corrected chi connectivity index (χ3v) is 6.01. The number of amides is 1. The van der Waals surface area contributed by atoms with Crippen molar-refractivity contribution in [2.24, 2.45) is 0 Å². The number of hydrogen-bond acceptors (Lipinski definition) is 5. The average Bonchev–Trinajstić information content (AvgIpc) is 3.27. The Bertz CT molecular complexity index is 1230. The summed E-state index contributed by atoms with van der Waals surface area (Å²) in [4.78, 5) is 26.4. The minimum absolute atomic E-state index is 0.152. The van der Waals surface area contributed by atoms with Gasteiger partial charge in [0.25, 0.3) is 5.91 Å². The number of carbonyl (C=O) groups excluding carboxylic acids is 1. The molecule has 1 saturated heterocycles. The molecule has 2 heterocycles. The van der Waals surface area contributed by atoms with E-state index in [1.165, 1.54) is 22.7 Å². The molecule has 0 saturated carbocycles. The predicted octanol–water partition coefficient (Wildman–Crippen LogP) is 5.67. The highest BCUT2D eigenvalue weighted by Crippen LogP contribution is 2.38. The number of hydrogen-bond donors (Lipinski definition) is 1. The molecule has 1 aliphatic heterocycles. The third kappa shape index (κ3) is 3.69. The molecule has 0 aliphatic carbocycles. The SMILES string of the molecule is Cc1ccc(N2C(=O)/C(=C\c3ccc(-c4ccccc4C(=O)O)o3)SC2=S)c(C)c1. The molecule has 0 bridgehead atoms. The van der Waals surface area contributed by atoms with Crippen molar-refractivity contribution in [1.82, 2.24) is 0 Å². The van der Waals surface area contributed by atoms with Crippen LogP contribution >= 0.6 is 24.0 Å². The van der Waals surface area contributed by atoms with Crippen molar-refractivity contribution in [1.29, 1.82) is 0 Å². The van der Waals surface area contributed by atoms with Gasteiger partial charge in [-0.05, 0) is 43.7 Å². The number of thioether (sulfide) groups is 1. The van der Waals surface area contributed by atoms with Gasteiger partial charge in [-0.2, -0.15) is 0 Å². The Balaban J connectivity index is 1.65. The molecule has 0 unspecified atom stereocenters. The molecule has 1 N–H and O–H groups in total. The molecule has 1 amide bonds. The summed E-state index contributed by atoms with van der Waals surface area (Å²) in [7, 11) is 0. The van der Waals surface area contributed by atoms with Crippen LogP contribution in [0.15, 0.2) is 63.9 Å². The number of rotatable bonds is 4. The minimum Gasteiger partial charge on any atom is -0.478 e. The minimum atomic E-state index is -1.03. The molecule has 0 spiro atoms. The maximum atomic E-state index is 13.0. The molecule has 150 valence electrons. The van der Waals surface area contributed by atoms with Gasteiger partial charge in [0.1, 0.15) is 11.5 Å². The van der Waals surface area contributed by atoms with Gasteiger partial charge >= 0.3 is 5.97 Å². The monoisotopic (exact) mass is 435 g/mol. The number of thiocarbonyl (C=S) groups is 1. The van der Waals surface area contributed by atoms with Gasteiger partial charge in [0.2, 0.25) is 0 Å². The lowest BCUT2D eigenvalue weighted by Gasteiger charge is -2.17. The number of carbonyl (C=O) groups is 2. The van der Waals surface area contributed by atoms with Gasteiger partial charge in [-0.25, -0.2) is 4.79 Å². The van der Waals surface area contributed by atoms with E-state index < -0.39 is 5.97 Å². The number of benzene rings is 2. The second-order valence-electron chi connectivity index (χ2n) is 6.86. The topological polar surface area (TPSA) is 70.8 Å². The standard InChI is InChI=1S/C23H17NO4S2/c1-13-7-9-18(14(2)11-13)24-21(25)20(30-23(24)29)12-15-8-10-19(28-15)16-5-3-4-6-17(16)22(26)27/h3-12H,1-2H3,(H,26,27)/b20-12+. The Morgan fingerprint density at radius 1 is 1.13 bits per heavy atom. The second-order valence-corrected chi connectivity index (χ2v) is 8.54. The van der Waals surface area contributed by atoms with Crippen LogP contribution in [0.1, 0.15) is 27.2 Å². The van der Waals surface area contributed by atoms with Crippen LogP contribution in [0.3, 0.4) is 0 Å². The van der Waals surface area contributed by atoms with Crippen LogP contribution in [-0.4, -0.2) is 21.3 Å². The van der Waals surface area contributed by atoms with Crippen LogP contribution in [0.5, 0.6) is 0 Å². The average molecular weight is 436 g/mol. The quantitative estimate of drug-likeness (QED) is 0.421. The van der Waals surface area contributed by atoms with Crippen molar-refractivity contribution in [2.45, 2.75) is 13.8 Å². The van der Waals surface area contributed by atoms with E-state index in [1.54, 1.807) is 36.4 Å². The second kappa shape index (κ2) is 7.93. The first kappa shape index (κ1) is 20.1. The van der Waals surface area contributed by atoms with Crippen LogP contribution in [0.4, 0.5) is 5.69 Å². The van der Waals surface area contributed by atoms with E-state index in [1.807, 2.05) is 32.0 Å². The molecule has 2 aromatic carbocycles. The van der Waals surface area contributed by atoms with Crippen molar-refractivity contribution in [3.8, 4) is 11.3 Å². The van der Waals surface area contributed by atoms with Gasteiger partial charge in [0.15, 0.2) is 4.32 Å². The maximum Gasteiger partial charge on any atom is 0.336 e. The molecule has 0 atom stereocenters. The largest absolute Gasteiger partial charge is 0.478 e. The van der Waals surface area contributed by atoms with Crippen molar-refractivity contribution < 1.29 is 19.1 Å². The Labute approximate surface area is 183 Å². The summed E-state index contributed by atoms with van der Waals surface area (Å²) < 4.78 is 6.28. The number of carboxylic acid groups (broad SMARTS) is 1. The molecule has 1 fully saturated rings. The molecule has 7 heteroatoms. The lowest BCUT2D eigenvalue weighted by atomic mass is 10.1. The van der Waals surface area contributed by atoms with E-state index in [-0.39, 0.29) is 11.5 Å². The van der Waals surface area contributed by atoms with Gasteiger partial charge in [0.05, 0.1) is 16.2 Å². The fourth-order valence-corrected chi connectivity index (χ4v) is 4.59. The number of furan rings is 1. The molecule has 5 nitrogen and oxygen atoms in total. The van der Waals surface area contributed by atoms with Gasteiger partial charge in [0, 0.05) is 11.6 Å². The van der Waals surface area contributed by atoms with E-state index in [2.05, 4.69) is 0 Å². The number of anilines is 1. The first-order valence-electron chi connectivity index (χ1n) is 9.13. The molecule has 1 aromatic heterocycles. The van der Waals surface area contributed by atoms with Crippen molar-refractivity contribution in [2.75, 3.05) is 4.90 Å². The van der Waals surface area contributed by atoms with Crippen molar-refractivity contribution in [3.05, 3.63) is 82.0 Å². The molecule has 3 aromatic rings. The molecule has 4 rings (SSSR count). The number of carboxylic acids is 1. The summed E-state index contributed by atoms with van der Waals surface area (Å²) in [5.74, 6) is -0.367. The van der Waals surface area contributed by atoms with Gasteiger partial charge < -0.3 is 9.52 Å². The Kier molecular flexibility index (Phi) is 5.32. The van der Waals surface area contributed by atoms with Crippen molar-refractivity contribution in [3.63, 3.8) is 0 Å². The summed E-state index contributed by atoms with van der Waals surface area (Å²) >= 11 is 6.66. The third-order valence-electron chi connectivity index (χ3n) is 4.71. The van der Waals surface area contributed by atoms with Crippen LogP contribution in [0, 0.1) is 13.8 Å². The molecule has 0 radical (unpaired) electrons. The maximum absolute atomic E-state index is 13.0. The fraction of sp³-hybridized carbons (Fsp3) is 0.0870. The van der Waals surface area contributed by atoms with E-state index in [0.717, 1.165) is 16.8 Å². The molecule has 1 aliphatic rings. The Hall–Kier alpha value is -3.16. The zero-order chi connectivity index (χ0) is 21.4. The number of aromatic carboxylic acids is 1. The normalized spacial score (nSPS) is 15.3. The smallest absolute Gasteiger partial charge is 0.336 e. The van der Waals surface area contributed by atoms with Crippen LogP contribution in [-0.2, 0) is 4.79 Å². The van der Waals surface area contributed by atoms with Gasteiger partial charge in [-0.15, -0.1) is 0 Å².